The van der Waals surface area contributed by atoms with Crippen molar-refractivity contribution in [1.82, 2.24) is 4.98 Å². The van der Waals surface area contributed by atoms with Crippen molar-refractivity contribution in [3.8, 4) is 0 Å². The average Bonchev–Trinajstić information content (AvgIpc) is 2.70. The number of ether oxygens (including phenoxy) is 1. The Kier molecular flexibility index (Phi) is 3.98. The Morgan fingerprint density at radius 1 is 1.59 bits per heavy atom. The molecule has 0 fully saturated rings. The summed E-state index contributed by atoms with van der Waals surface area (Å²) in [5.41, 5.74) is 0.904. The van der Waals surface area contributed by atoms with E-state index in [0.717, 1.165) is 14.6 Å². The number of nitrogens with zero attached hydrogens (tertiary/aromatic N) is 1. The zero-order chi connectivity index (χ0) is 12.3. The van der Waals surface area contributed by atoms with Crippen molar-refractivity contribution in [1.29, 1.82) is 0 Å². The minimum absolute atomic E-state index is 0.177. The van der Waals surface area contributed by atoms with Crippen LogP contribution in [0, 0.1) is 0 Å². The number of thiazole rings is 1. The molecule has 0 radical (unpaired) electrons. The summed E-state index contributed by atoms with van der Waals surface area (Å²) in [6, 6.07) is 7.75. The van der Waals surface area contributed by atoms with Gasteiger partial charge < -0.3 is 9.84 Å². The van der Waals surface area contributed by atoms with Crippen LogP contribution in [0.2, 0.25) is 0 Å². The van der Waals surface area contributed by atoms with E-state index in [1.54, 1.807) is 0 Å². The van der Waals surface area contributed by atoms with Crippen LogP contribution in [0.4, 0.5) is 0 Å². The van der Waals surface area contributed by atoms with Gasteiger partial charge in [-0.25, -0.2) is 4.98 Å². The first-order chi connectivity index (χ1) is 8.20. The number of thioether (sulfide) groups is 1. The SMILES string of the molecule is COCC(Sc1nc2ccccc2s1)C(=O)O. The minimum Gasteiger partial charge on any atom is -0.480 e. The van der Waals surface area contributed by atoms with Crippen molar-refractivity contribution in [3.05, 3.63) is 24.3 Å². The van der Waals surface area contributed by atoms with Crippen molar-refractivity contribution in [2.75, 3.05) is 13.7 Å². The van der Waals surface area contributed by atoms with Crippen LogP contribution in [-0.2, 0) is 9.53 Å². The van der Waals surface area contributed by atoms with Crippen LogP contribution < -0.4 is 0 Å². The second-order valence-electron chi connectivity index (χ2n) is 3.35. The summed E-state index contributed by atoms with van der Waals surface area (Å²) in [6.07, 6.45) is 0. The van der Waals surface area contributed by atoms with Gasteiger partial charge in [-0.05, 0) is 12.1 Å². The highest BCUT2D eigenvalue weighted by Crippen LogP contribution is 2.32. The van der Waals surface area contributed by atoms with Gasteiger partial charge in [-0.1, -0.05) is 23.9 Å². The summed E-state index contributed by atoms with van der Waals surface area (Å²) >= 11 is 2.73. The minimum atomic E-state index is -0.879. The van der Waals surface area contributed by atoms with Gasteiger partial charge in [0.25, 0.3) is 0 Å². The van der Waals surface area contributed by atoms with Gasteiger partial charge in [-0.2, -0.15) is 0 Å². The third-order valence-electron chi connectivity index (χ3n) is 2.11. The summed E-state index contributed by atoms with van der Waals surface area (Å²) in [5, 5.41) is 8.41. The molecule has 6 heteroatoms. The summed E-state index contributed by atoms with van der Waals surface area (Å²) in [4.78, 5) is 15.4. The lowest BCUT2D eigenvalue weighted by molar-refractivity contribution is -0.137. The molecule has 4 nitrogen and oxygen atoms in total. The van der Waals surface area contributed by atoms with E-state index in [2.05, 4.69) is 4.98 Å². The zero-order valence-corrected chi connectivity index (χ0v) is 10.8. The second kappa shape index (κ2) is 5.48. The van der Waals surface area contributed by atoms with Gasteiger partial charge in [0, 0.05) is 7.11 Å². The number of para-hydroxylation sites is 1. The molecule has 1 atom stereocenters. The Morgan fingerprint density at radius 3 is 3.00 bits per heavy atom. The predicted octanol–water partition coefficient (Wildman–Crippen LogP) is 2.49. The predicted molar refractivity (Wildman–Crippen MR) is 68.8 cm³/mol. The lowest BCUT2D eigenvalue weighted by atomic mass is 10.3. The Labute approximate surface area is 107 Å². The fourth-order valence-corrected chi connectivity index (χ4v) is 3.54. The Balaban J connectivity index is 2.19. The van der Waals surface area contributed by atoms with Gasteiger partial charge in [-0.15, -0.1) is 11.3 Å². The van der Waals surface area contributed by atoms with E-state index in [1.165, 1.54) is 30.2 Å². The molecule has 0 aliphatic carbocycles. The molecular weight excluding hydrogens is 258 g/mol. The molecule has 1 heterocycles. The summed E-state index contributed by atoms with van der Waals surface area (Å²) in [5.74, 6) is -0.879. The Bertz CT molecular complexity index is 493. The number of fused-ring (bicyclic) bond motifs is 1. The van der Waals surface area contributed by atoms with E-state index in [1.807, 2.05) is 24.3 Å². The van der Waals surface area contributed by atoms with Crippen molar-refractivity contribution >= 4 is 39.3 Å². The van der Waals surface area contributed by atoms with E-state index in [0.29, 0.717) is 0 Å². The molecule has 90 valence electrons. The first-order valence-corrected chi connectivity index (χ1v) is 6.64. The molecule has 17 heavy (non-hydrogen) atoms. The number of carboxylic acid groups (broad SMARTS) is 1. The van der Waals surface area contributed by atoms with Crippen LogP contribution in [0.1, 0.15) is 0 Å². The number of methoxy groups -OCH3 is 1. The lowest BCUT2D eigenvalue weighted by Gasteiger charge is -2.07. The molecule has 0 aliphatic rings. The standard InChI is InChI=1S/C11H11NO3S2/c1-15-6-9(10(13)14)17-11-12-7-4-2-3-5-8(7)16-11/h2-5,9H,6H2,1H3,(H,13,14). The molecule has 0 saturated carbocycles. The van der Waals surface area contributed by atoms with Gasteiger partial charge in [0.1, 0.15) is 5.25 Å². The van der Waals surface area contributed by atoms with Crippen molar-refractivity contribution in [3.63, 3.8) is 0 Å². The van der Waals surface area contributed by atoms with Crippen LogP contribution in [0.3, 0.4) is 0 Å². The third-order valence-corrected chi connectivity index (χ3v) is 4.40. The molecule has 0 spiro atoms. The number of benzene rings is 1. The van der Waals surface area contributed by atoms with E-state index in [-0.39, 0.29) is 6.61 Å². The molecule has 2 rings (SSSR count). The maximum Gasteiger partial charge on any atom is 0.319 e. The number of carbonyl (C=O) groups is 1. The normalized spacial score (nSPS) is 12.8. The number of aliphatic carboxylic acids is 1. The molecule has 2 aromatic rings. The molecular formula is C11H11NO3S2. The molecule has 1 N–H and O–H groups in total. The van der Waals surface area contributed by atoms with Crippen molar-refractivity contribution in [2.45, 2.75) is 9.59 Å². The smallest absolute Gasteiger partial charge is 0.319 e. The van der Waals surface area contributed by atoms with E-state index in [9.17, 15) is 4.79 Å². The Morgan fingerprint density at radius 2 is 2.35 bits per heavy atom. The first-order valence-electron chi connectivity index (χ1n) is 4.94. The lowest BCUT2D eigenvalue weighted by Crippen LogP contribution is -2.21. The topological polar surface area (TPSA) is 59.4 Å². The summed E-state index contributed by atoms with van der Waals surface area (Å²) in [7, 11) is 1.49. The Hall–Kier alpha value is -1.11. The highest BCUT2D eigenvalue weighted by Gasteiger charge is 2.20. The third kappa shape index (κ3) is 2.96. The van der Waals surface area contributed by atoms with Crippen LogP contribution in [0.5, 0.6) is 0 Å². The van der Waals surface area contributed by atoms with Crippen LogP contribution >= 0.6 is 23.1 Å². The summed E-state index contributed by atoms with van der Waals surface area (Å²) < 4.78 is 6.71. The van der Waals surface area contributed by atoms with Gasteiger partial charge >= 0.3 is 5.97 Å². The maximum atomic E-state index is 11.0. The zero-order valence-electron chi connectivity index (χ0n) is 9.12. The van der Waals surface area contributed by atoms with E-state index < -0.39 is 11.2 Å². The molecule has 0 saturated heterocycles. The number of aromatic nitrogens is 1. The first kappa shape index (κ1) is 12.3. The maximum absolute atomic E-state index is 11.0. The number of hydrogen-bond donors (Lipinski definition) is 1. The molecule has 1 unspecified atom stereocenters. The van der Waals surface area contributed by atoms with Gasteiger partial charge in [0.05, 0.1) is 16.8 Å². The monoisotopic (exact) mass is 269 g/mol. The average molecular weight is 269 g/mol. The molecule has 0 amide bonds. The van der Waals surface area contributed by atoms with E-state index in [4.69, 9.17) is 9.84 Å². The quantitative estimate of drug-likeness (QED) is 0.845. The molecule has 0 bridgehead atoms. The van der Waals surface area contributed by atoms with Crippen molar-refractivity contribution in [2.24, 2.45) is 0 Å². The second-order valence-corrected chi connectivity index (χ2v) is 5.83. The highest BCUT2D eigenvalue weighted by molar-refractivity contribution is 8.02. The highest BCUT2D eigenvalue weighted by atomic mass is 32.2. The molecule has 1 aromatic carbocycles. The fraction of sp³-hybridized carbons (Fsp3) is 0.273. The number of hydrogen-bond acceptors (Lipinski definition) is 5. The number of carboxylic acids is 1. The van der Waals surface area contributed by atoms with Crippen LogP contribution in [-0.4, -0.2) is 35.0 Å². The van der Waals surface area contributed by atoms with Gasteiger partial charge in [-0.3, -0.25) is 4.79 Å². The summed E-state index contributed by atoms with van der Waals surface area (Å²) in [6.45, 7) is 0.177. The van der Waals surface area contributed by atoms with Gasteiger partial charge in [0.2, 0.25) is 0 Å². The van der Waals surface area contributed by atoms with Crippen LogP contribution in [0.25, 0.3) is 10.2 Å². The molecule has 0 aliphatic heterocycles. The number of rotatable bonds is 5. The van der Waals surface area contributed by atoms with Crippen molar-refractivity contribution < 1.29 is 14.6 Å². The fourth-order valence-electron chi connectivity index (χ4n) is 1.33. The van der Waals surface area contributed by atoms with Crippen LogP contribution in [0.15, 0.2) is 28.6 Å². The van der Waals surface area contributed by atoms with Gasteiger partial charge in [0.15, 0.2) is 4.34 Å². The van der Waals surface area contributed by atoms with E-state index >= 15 is 0 Å². The largest absolute Gasteiger partial charge is 0.480 e. The molecule has 1 aromatic heterocycles.